The summed E-state index contributed by atoms with van der Waals surface area (Å²) >= 11 is 0. The molecule has 2 heterocycles. The number of aromatic nitrogens is 2. The number of ether oxygens (including phenoxy) is 1. The summed E-state index contributed by atoms with van der Waals surface area (Å²) in [5.41, 5.74) is 4.12. The van der Waals surface area contributed by atoms with Gasteiger partial charge in [-0.2, -0.15) is 5.10 Å². The van der Waals surface area contributed by atoms with Crippen LogP contribution in [0.2, 0.25) is 0 Å². The minimum absolute atomic E-state index is 0.156. The third-order valence-electron chi connectivity index (χ3n) is 6.72. The van der Waals surface area contributed by atoms with Gasteiger partial charge in [0.2, 0.25) is 10.0 Å². The maximum Gasteiger partial charge on any atom is 0.243 e. The van der Waals surface area contributed by atoms with Gasteiger partial charge >= 0.3 is 0 Å². The number of fused-ring (bicyclic) bond motifs is 1. The molecule has 8 heteroatoms. The average Bonchev–Trinajstić information content (AvgIpc) is 3.36. The standard InChI is InChI=1S/C25H30N4O3S/c1-28-18-22(17-26-28)33(30,31)27-10-13-32-21-9-8-20-15-25(29-11-5-12-29)24(23(20)16-21)14-19-6-3-2-4-7-19/h2-4,6-9,16-18,24-25,27H,5,10-15H2,1H3. The topological polar surface area (TPSA) is 76.5 Å². The first-order chi connectivity index (χ1) is 16.0. The van der Waals surface area contributed by atoms with Crippen molar-refractivity contribution in [3.8, 4) is 5.75 Å². The molecule has 1 fully saturated rings. The molecule has 0 saturated carbocycles. The molecule has 0 radical (unpaired) electrons. The molecule has 33 heavy (non-hydrogen) atoms. The van der Waals surface area contributed by atoms with Crippen LogP contribution in [0.1, 0.15) is 29.0 Å². The third-order valence-corrected chi connectivity index (χ3v) is 8.14. The predicted octanol–water partition coefficient (Wildman–Crippen LogP) is 2.73. The monoisotopic (exact) mass is 466 g/mol. The Bertz CT molecular complexity index is 1210. The summed E-state index contributed by atoms with van der Waals surface area (Å²) < 4.78 is 34.7. The van der Waals surface area contributed by atoms with E-state index in [2.05, 4.69) is 57.2 Å². The molecule has 2 atom stereocenters. The highest BCUT2D eigenvalue weighted by atomic mass is 32.2. The molecule has 1 saturated heterocycles. The minimum Gasteiger partial charge on any atom is -0.492 e. The second-order valence-electron chi connectivity index (χ2n) is 8.91. The first-order valence-electron chi connectivity index (χ1n) is 11.5. The van der Waals surface area contributed by atoms with Gasteiger partial charge in [0, 0.05) is 31.7 Å². The fourth-order valence-corrected chi connectivity index (χ4v) is 5.90. The zero-order chi connectivity index (χ0) is 22.8. The van der Waals surface area contributed by atoms with E-state index >= 15 is 0 Å². The molecule has 0 bridgehead atoms. The van der Waals surface area contributed by atoms with Crippen LogP contribution in [0, 0.1) is 0 Å². The van der Waals surface area contributed by atoms with Gasteiger partial charge in [0.25, 0.3) is 0 Å². The van der Waals surface area contributed by atoms with Gasteiger partial charge in [0.15, 0.2) is 0 Å². The van der Waals surface area contributed by atoms with E-state index in [9.17, 15) is 8.42 Å². The van der Waals surface area contributed by atoms with Crippen molar-refractivity contribution in [1.29, 1.82) is 0 Å². The van der Waals surface area contributed by atoms with Gasteiger partial charge in [0.1, 0.15) is 17.3 Å². The number of hydrogen-bond acceptors (Lipinski definition) is 5. The van der Waals surface area contributed by atoms with Gasteiger partial charge in [0.05, 0.1) is 6.20 Å². The smallest absolute Gasteiger partial charge is 0.243 e. The number of likely N-dealkylation sites (tertiary alicyclic amines) is 1. The zero-order valence-corrected chi connectivity index (χ0v) is 19.7. The second-order valence-corrected chi connectivity index (χ2v) is 10.7. The Morgan fingerprint density at radius 1 is 1.15 bits per heavy atom. The Labute approximate surface area is 195 Å². The van der Waals surface area contributed by atoms with Gasteiger partial charge in [-0.05, 0) is 61.2 Å². The van der Waals surface area contributed by atoms with Gasteiger partial charge in [-0.1, -0.05) is 36.4 Å². The number of sulfonamides is 1. The number of nitrogens with one attached hydrogen (secondary N) is 1. The zero-order valence-electron chi connectivity index (χ0n) is 18.9. The largest absolute Gasteiger partial charge is 0.492 e. The van der Waals surface area contributed by atoms with Crippen LogP contribution in [0.25, 0.3) is 0 Å². The molecular weight excluding hydrogens is 436 g/mol. The van der Waals surface area contributed by atoms with E-state index in [4.69, 9.17) is 4.74 Å². The Kier molecular flexibility index (Phi) is 6.23. The maximum atomic E-state index is 12.3. The van der Waals surface area contributed by atoms with Crippen LogP contribution in [0.5, 0.6) is 5.75 Å². The Morgan fingerprint density at radius 2 is 1.97 bits per heavy atom. The van der Waals surface area contributed by atoms with Crippen LogP contribution in [0.3, 0.4) is 0 Å². The van der Waals surface area contributed by atoms with E-state index in [-0.39, 0.29) is 18.0 Å². The summed E-state index contributed by atoms with van der Waals surface area (Å²) in [5.74, 6) is 1.23. The molecule has 7 nitrogen and oxygen atoms in total. The SMILES string of the molecule is Cn1cc(S(=O)(=O)NCCOc2ccc3c(c2)C(Cc2ccccc2)C(N2CCC2)C3)cn1. The molecule has 3 aromatic rings. The highest BCUT2D eigenvalue weighted by molar-refractivity contribution is 7.89. The average molecular weight is 467 g/mol. The van der Waals surface area contributed by atoms with Gasteiger partial charge in [-0.25, -0.2) is 13.1 Å². The first-order valence-corrected chi connectivity index (χ1v) is 13.0. The molecular formula is C25H30N4O3S. The summed E-state index contributed by atoms with van der Waals surface area (Å²) in [6.07, 6.45) is 6.20. The second kappa shape index (κ2) is 9.29. The van der Waals surface area contributed by atoms with Crippen LogP contribution < -0.4 is 9.46 Å². The predicted molar refractivity (Wildman–Crippen MR) is 127 cm³/mol. The molecule has 1 aliphatic carbocycles. The molecule has 1 N–H and O–H groups in total. The maximum absolute atomic E-state index is 12.3. The van der Waals surface area contributed by atoms with E-state index in [0.29, 0.717) is 12.0 Å². The highest BCUT2D eigenvalue weighted by Crippen LogP contribution is 2.41. The lowest BCUT2D eigenvalue weighted by molar-refractivity contribution is 0.106. The van der Waals surface area contributed by atoms with E-state index < -0.39 is 10.0 Å². The van der Waals surface area contributed by atoms with Crippen LogP contribution >= 0.6 is 0 Å². The number of nitrogens with zero attached hydrogens (tertiary/aromatic N) is 3. The van der Waals surface area contributed by atoms with Crippen molar-refractivity contribution in [3.63, 3.8) is 0 Å². The molecule has 2 unspecified atom stereocenters. The number of rotatable bonds is 9. The summed E-state index contributed by atoms with van der Waals surface area (Å²) in [7, 11) is -1.89. The number of benzene rings is 2. The van der Waals surface area contributed by atoms with Crippen LogP contribution in [-0.2, 0) is 29.9 Å². The minimum atomic E-state index is -3.58. The van der Waals surface area contributed by atoms with Gasteiger partial charge in [-0.3, -0.25) is 9.58 Å². The highest BCUT2D eigenvalue weighted by Gasteiger charge is 2.38. The Balaban J connectivity index is 1.25. The molecule has 0 spiro atoms. The Hall–Kier alpha value is -2.68. The molecule has 0 amide bonds. The van der Waals surface area contributed by atoms with Crippen LogP contribution in [-0.4, -0.2) is 55.4 Å². The van der Waals surface area contributed by atoms with E-state index in [0.717, 1.165) is 18.6 Å². The number of aryl methyl sites for hydroxylation is 1. The fourth-order valence-electron chi connectivity index (χ4n) is 4.90. The van der Waals surface area contributed by atoms with Crippen LogP contribution in [0.4, 0.5) is 0 Å². The van der Waals surface area contributed by atoms with Crippen molar-refractivity contribution in [2.45, 2.75) is 36.1 Å². The van der Waals surface area contributed by atoms with E-state index in [1.165, 1.54) is 53.3 Å². The van der Waals surface area contributed by atoms with Crippen molar-refractivity contribution in [2.75, 3.05) is 26.2 Å². The fraction of sp³-hybridized carbons (Fsp3) is 0.400. The molecule has 1 aliphatic heterocycles. The van der Waals surface area contributed by atoms with Crippen molar-refractivity contribution in [2.24, 2.45) is 7.05 Å². The summed E-state index contributed by atoms with van der Waals surface area (Å²) in [6, 6.07) is 17.6. The molecule has 5 rings (SSSR count). The number of hydrogen-bond donors (Lipinski definition) is 1. The quantitative estimate of drug-likeness (QED) is 0.491. The summed E-state index contributed by atoms with van der Waals surface area (Å²) in [5, 5.41) is 3.92. The van der Waals surface area contributed by atoms with Gasteiger partial charge in [-0.15, -0.1) is 0 Å². The normalized spacial score (nSPS) is 20.4. The first kappa shape index (κ1) is 22.1. The van der Waals surface area contributed by atoms with Crippen molar-refractivity contribution in [1.82, 2.24) is 19.4 Å². The lowest BCUT2D eigenvalue weighted by Crippen LogP contribution is -2.47. The van der Waals surface area contributed by atoms with Crippen molar-refractivity contribution < 1.29 is 13.2 Å². The van der Waals surface area contributed by atoms with Crippen molar-refractivity contribution >= 4 is 10.0 Å². The lowest BCUT2D eigenvalue weighted by atomic mass is 9.89. The van der Waals surface area contributed by atoms with Crippen molar-refractivity contribution in [3.05, 3.63) is 77.6 Å². The summed E-state index contributed by atoms with van der Waals surface area (Å²) in [6.45, 7) is 2.82. The third kappa shape index (κ3) is 4.83. The van der Waals surface area contributed by atoms with Crippen LogP contribution in [0.15, 0.2) is 65.8 Å². The lowest BCUT2D eigenvalue weighted by Gasteiger charge is -2.39. The molecule has 2 aliphatic rings. The summed E-state index contributed by atoms with van der Waals surface area (Å²) in [4.78, 5) is 2.77. The van der Waals surface area contributed by atoms with E-state index in [1.54, 1.807) is 7.05 Å². The van der Waals surface area contributed by atoms with E-state index in [1.807, 2.05) is 6.07 Å². The molecule has 1 aromatic heterocycles. The molecule has 2 aromatic carbocycles. The van der Waals surface area contributed by atoms with Gasteiger partial charge < -0.3 is 4.74 Å². The molecule has 174 valence electrons. The Morgan fingerprint density at radius 3 is 2.67 bits per heavy atom.